The smallest absolute Gasteiger partial charge is 0.131 e. The molecule has 0 aliphatic heterocycles. The van der Waals surface area contributed by atoms with Crippen molar-refractivity contribution in [3.05, 3.63) is 23.8 Å². The molecule has 2 rings (SSSR count). The summed E-state index contributed by atoms with van der Waals surface area (Å²) in [5, 5.41) is 3.29. The van der Waals surface area contributed by atoms with Crippen LogP contribution < -0.4 is 5.32 Å². The molecule has 0 amide bonds. The summed E-state index contributed by atoms with van der Waals surface area (Å²) in [6.07, 6.45) is 9.12. The molecule has 17 heavy (non-hydrogen) atoms. The Labute approximate surface area is 104 Å². The minimum atomic E-state index is 0.597. The van der Waals surface area contributed by atoms with Crippen LogP contribution in [0, 0.1) is 5.92 Å². The van der Waals surface area contributed by atoms with E-state index in [0.717, 1.165) is 24.8 Å². The molecule has 1 saturated carbocycles. The van der Waals surface area contributed by atoms with Crippen LogP contribution in [0.1, 0.15) is 56.8 Å². The number of nitrogens with one attached hydrogen (secondary N) is 1. The Kier molecular flexibility index (Phi) is 4.49. The van der Waals surface area contributed by atoms with Crippen LogP contribution in [0.4, 0.5) is 0 Å². The van der Waals surface area contributed by atoms with Crippen molar-refractivity contribution in [2.24, 2.45) is 5.92 Å². The zero-order valence-electron chi connectivity index (χ0n) is 10.9. The van der Waals surface area contributed by atoms with Gasteiger partial charge in [0.15, 0.2) is 0 Å². The molecular formula is C14H23N3. The molecule has 3 heteroatoms. The third-order valence-electron chi connectivity index (χ3n) is 3.69. The van der Waals surface area contributed by atoms with Gasteiger partial charge in [-0.15, -0.1) is 0 Å². The number of nitrogens with zero attached hydrogens (tertiary/aromatic N) is 2. The number of rotatable bonds is 4. The Morgan fingerprint density at radius 2 is 1.82 bits per heavy atom. The maximum atomic E-state index is 4.53. The van der Waals surface area contributed by atoms with Gasteiger partial charge in [0.2, 0.25) is 0 Å². The van der Waals surface area contributed by atoms with Crippen molar-refractivity contribution in [3.63, 3.8) is 0 Å². The Bertz CT molecular complexity index is 326. The molecule has 1 fully saturated rings. The van der Waals surface area contributed by atoms with E-state index in [1.165, 1.54) is 31.2 Å². The zero-order valence-corrected chi connectivity index (χ0v) is 10.9. The topological polar surface area (TPSA) is 37.8 Å². The van der Waals surface area contributed by atoms with Crippen LogP contribution in [0.5, 0.6) is 0 Å². The van der Waals surface area contributed by atoms with Gasteiger partial charge in [-0.25, -0.2) is 9.97 Å². The molecule has 0 radical (unpaired) electrons. The number of aromatic nitrogens is 2. The second kappa shape index (κ2) is 6.10. The van der Waals surface area contributed by atoms with E-state index in [4.69, 9.17) is 0 Å². The molecule has 0 unspecified atom stereocenters. The third-order valence-corrected chi connectivity index (χ3v) is 3.69. The molecule has 0 bridgehead atoms. The number of hydrogen-bond acceptors (Lipinski definition) is 3. The van der Waals surface area contributed by atoms with Crippen molar-refractivity contribution in [2.45, 2.75) is 52.0 Å². The van der Waals surface area contributed by atoms with E-state index in [-0.39, 0.29) is 0 Å². The minimum Gasteiger partial charge on any atom is -0.313 e. The van der Waals surface area contributed by atoms with E-state index in [9.17, 15) is 0 Å². The van der Waals surface area contributed by atoms with Gasteiger partial charge in [0, 0.05) is 30.4 Å². The Morgan fingerprint density at radius 1 is 1.18 bits per heavy atom. The van der Waals surface area contributed by atoms with Gasteiger partial charge in [0.1, 0.15) is 5.82 Å². The van der Waals surface area contributed by atoms with Gasteiger partial charge < -0.3 is 5.32 Å². The van der Waals surface area contributed by atoms with Crippen LogP contribution in [-0.2, 0) is 6.54 Å². The van der Waals surface area contributed by atoms with Crippen LogP contribution >= 0.6 is 0 Å². The monoisotopic (exact) mass is 233 g/mol. The SMILES string of the molecule is CCNCc1cnc(C2CCC(C)CC2)nc1. The highest BCUT2D eigenvalue weighted by atomic mass is 14.9. The van der Waals surface area contributed by atoms with Crippen molar-refractivity contribution in [3.8, 4) is 0 Å². The lowest BCUT2D eigenvalue weighted by atomic mass is 9.82. The van der Waals surface area contributed by atoms with E-state index in [0.29, 0.717) is 5.92 Å². The van der Waals surface area contributed by atoms with Crippen molar-refractivity contribution in [1.82, 2.24) is 15.3 Å². The molecule has 1 aromatic rings. The largest absolute Gasteiger partial charge is 0.313 e. The first-order chi connectivity index (χ1) is 8.29. The van der Waals surface area contributed by atoms with Crippen molar-refractivity contribution in [2.75, 3.05) is 6.54 Å². The summed E-state index contributed by atoms with van der Waals surface area (Å²) in [5.41, 5.74) is 1.18. The first-order valence-corrected chi connectivity index (χ1v) is 6.81. The summed E-state index contributed by atoms with van der Waals surface area (Å²) in [4.78, 5) is 9.06. The van der Waals surface area contributed by atoms with Crippen LogP contribution in [0.3, 0.4) is 0 Å². The molecule has 0 aromatic carbocycles. The zero-order chi connectivity index (χ0) is 12.1. The van der Waals surface area contributed by atoms with Crippen molar-refractivity contribution < 1.29 is 0 Å². The number of hydrogen-bond donors (Lipinski definition) is 1. The molecule has 3 nitrogen and oxygen atoms in total. The van der Waals surface area contributed by atoms with E-state index >= 15 is 0 Å². The van der Waals surface area contributed by atoms with Crippen molar-refractivity contribution in [1.29, 1.82) is 0 Å². The minimum absolute atomic E-state index is 0.597. The summed E-state index contributed by atoms with van der Waals surface area (Å²) in [5.74, 6) is 2.54. The molecule has 1 heterocycles. The van der Waals surface area contributed by atoms with Gasteiger partial charge in [0.25, 0.3) is 0 Å². The van der Waals surface area contributed by atoms with Crippen LogP contribution in [0.2, 0.25) is 0 Å². The summed E-state index contributed by atoms with van der Waals surface area (Å²) < 4.78 is 0. The predicted molar refractivity (Wildman–Crippen MR) is 69.8 cm³/mol. The van der Waals surface area contributed by atoms with Crippen LogP contribution in [0.25, 0.3) is 0 Å². The molecule has 1 N–H and O–H groups in total. The van der Waals surface area contributed by atoms with Gasteiger partial charge in [-0.1, -0.05) is 26.7 Å². The average Bonchev–Trinajstić information content (AvgIpc) is 2.38. The van der Waals surface area contributed by atoms with Gasteiger partial charge in [-0.2, -0.15) is 0 Å². The fourth-order valence-electron chi connectivity index (χ4n) is 2.45. The molecule has 1 aromatic heterocycles. The predicted octanol–water partition coefficient (Wildman–Crippen LogP) is 2.88. The molecule has 1 aliphatic carbocycles. The Morgan fingerprint density at radius 3 is 2.41 bits per heavy atom. The van der Waals surface area contributed by atoms with E-state index in [1.807, 2.05) is 12.4 Å². The third kappa shape index (κ3) is 3.50. The summed E-state index contributed by atoms with van der Waals surface area (Å²) in [6, 6.07) is 0. The highest BCUT2D eigenvalue weighted by Gasteiger charge is 2.21. The van der Waals surface area contributed by atoms with Gasteiger partial charge in [0.05, 0.1) is 0 Å². The normalized spacial score (nSPS) is 24.8. The maximum absolute atomic E-state index is 4.53. The Balaban J connectivity index is 1.93. The Hall–Kier alpha value is -0.960. The second-order valence-electron chi connectivity index (χ2n) is 5.19. The summed E-state index contributed by atoms with van der Waals surface area (Å²) in [6.45, 7) is 6.32. The van der Waals surface area contributed by atoms with Gasteiger partial charge >= 0.3 is 0 Å². The van der Waals surface area contributed by atoms with Gasteiger partial charge in [-0.05, 0) is 25.3 Å². The van der Waals surface area contributed by atoms with Crippen LogP contribution in [0.15, 0.2) is 12.4 Å². The fraction of sp³-hybridized carbons (Fsp3) is 0.714. The fourth-order valence-corrected chi connectivity index (χ4v) is 2.45. The molecule has 0 atom stereocenters. The lowest BCUT2D eigenvalue weighted by Gasteiger charge is -2.24. The molecule has 1 aliphatic rings. The standard InChI is InChI=1S/C14H23N3/c1-3-15-8-12-9-16-14(17-10-12)13-6-4-11(2)5-7-13/h9-11,13,15H,3-8H2,1-2H3. The van der Waals surface area contributed by atoms with E-state index < -0.39 is 0 Å². The highest BCUT2D eigenvalue weighted by molar-refractivity contribution is 5.07. The van der Waals surface area contributed by atoms with E-state index in [1.54, 1.807) is 0 Å². The molecule has 94 valence electrons. The molecular weight excluding hydrogens is 210 g/mol. The lowest BCUT2D eigenvalue weighted by molar-refractivity contribution is 0.339. The maximum Gasteiger partial charge on any atom is 0.131 e. The van der Waals surface area contributed by atoms with E-state index in [2.05, 4.69) is 29.1 Å². The first kappa shape index (κ1) is 12.5. The molecule has 0 spiro atoms. The quantitative estimate of drug-likeness (QED) is 0.869. The van der Waals surface area contributed by atoms with Crippen molar-refractivity contribution >= 4 is 0 Å². The lowest BCUT2D eigenvalue weighted by Crippen LogP contribution is -2.15. The summed E-state index contributed by atoms with van der Waals surface area (Å²) in [7, 11) is 0. The highest BCUT2D eigenvalue weighted by Crippen LogP contribution is 2.33. The van der Waals surface area contributed by atoms with Gasteiger partial charge in [-0.3, -0.25) is 0 Å². The second-order valence-corrected chi connectivity index (χ2v) is 5.19. The van der Waals surface area contributed by atoms with Crippen LogP contribution in [-0.4, -0.2) is 16.5 Å². The molecule has 0 saturated heterocycles. The first-order valence-electron chi connectivity index (χ1n) is 6.81. The summed E-state index contributed by atoms with van der Waals surface area (Å²) >= 11 is 0. The average molecular weight is 233 g/mol.